The number of hydrogen-bond donors (Lipinski definition) is 1. The van der Waals surface area contributed by atoms with Gasteiger partial charge >= 0.3 is 5.97 Å². The molecule has 0 aliphatic carbocycles. The van der Waals surface area contributed by atoms with E-state index >= 15 is 0 Å². The lowest BCUT2D eigenvalue weighted by molar-refractivity contribution is 0.0687. The first-order chi connectivity index (χ1) is 9.11. The zero-order valence-corrected chi connectivity index (χ0v) is 10.8. The topological polar surface area (TPSA) is 72.3 Å². The van der Waals surface area contributed by atoms with Crippen molar-refractivity contribution < 1.29 is 14.6 Å². The Bertz CT molecular complexity index is 611. The van der Waals surface area contributed by atoms with Crippen LogP contribution in [-0.4, -0.2) is 21.0 Å². The Kier molecular flexibility index (Phi) is 3.75. The molecule has 0 saturated carbocycles. The van der Waals surface area contributed by atoms with Crippen molar-refractivity contribution in [2.45, 2.75) is 20.3 Å². The van der Waals surface area contributed by atoms with Gasteiger partial charge in [-0.25, -0.2) is 9.78 Å². The van der Waals surface area contributed by atoms with Crippen LogP contribution in [0.25, 0.3) is 0 Å². The van der Waals surface area contributed by atoms with Crippen molar-refractivity contribution in [3.63, 3.8) is 0 Å². The van der Waals surface area contributed by atoms with Crippen LogP contribution in [0, 0.1) is 6.92 Å². The Hall–Kier alpha value is -2.43. The van der Waals surface area contributed by atoms with E-state index in [1.54, 1.807) is 18.2 Å². The number of rotatable bonds is 4. The smallest absolute Gasteiger partial charge is 0.358 e. The summed E-state index contributed by atoms with van der Waals surface area (Å²) in [5.41, 5.74) is 1.58. The molecule has 19 heavy (non-hydrogen) atoms. The van der Waals surface area contributed by atoms with Crippen molar-refractivity contribution >= 4 is 5.97 Å². The predicted octanol–water partition coefficient (Wildman–Crippen LogP) is 2.84. The van der Waals surface area contributed by atoms with E-state index in [-0.39, 0.29) is 11.4 Å². The molecule has 0 unspecified atom stereocenters. The third-order valence-electron chi connectivity index (χ3n) is 2.60. The largest absolute Gasteiger partial charge is 0.476 e. The number of aromatic carboxylic acids is 1. The Morgan fingerprint density at radius 2 is 2.11 bits per heavy atom. The lowest BCUT2D eigenvalue weighted by Crippen LogP contribution is -2.04. The Labute approximate surface area is 110 Å². The molecule has 0 spiro atoms. The summed E-state index contributed by atoms with van der Waals surface area (Å²) >= 11 is 0. The molecule has 98 valence electrons. The molecule has 0 radical (unpaired) electrons. The number of nitrogens with zero attached hydrogens (tertiary/aromatic N) is 2. The van der Waals surface area contributed by atoms with E-state index < -0.39 is 5.97 Å². The minimum Gasteiger partial charge on any atom is -0.476 e. The molecule has 0 aromatic carbocycles. The van der Waals surface area contributed by atoms with Crippen molar-refractivity contribution in [3.8, 4) is 11.5 Å². The van der Waals surface area contributed by atoms with Gasteiger partial charge < -0.3 is 9.84 Å². The average Bonchev–Trinajstić information content (AvgIpc) is 2.41. The highest BCUT2D eigenvalue weighted by Gasteiger charge is 2.14. The van der Waals surface area contributed by atoms with Crippen molar-refractivity contribution in [2.75, 3.05) is 0 Å². The van der Waals surface area contributed by atoms with Gasteiger partial charge in [-0.1, -0.05) is 6.92 Å². The molecule has 0 saturated heterocycles. The number of pyridine rings is 2. The van der Waals surface area contributed by atoms with Crippen LogP contribution in [-0.2, 0) is 6.42 Å². The van der Waals surface area contributed by atoms with Crippen LogP contribution < -0.4 is 4.74 Å². The van der Waals surface area contributed by atoms with Gasteiger partial charge in [0.05, 0.1) is 5.69 Å². The quantitative estimate of drug-likeness (QED) is 0.912. The molecular formula is C14H14N2O3. The van der Waals surface area contributed by atoms with Crippen molar-refractivity contribution in [1.29, 1.82) is 0 Å². The standard InChI is InChI=1S/C14H14N2O3/c1-3-10-11(7-6-9(2)16-10)19-12-5-4-8-15-13(12)14(17)18/h4-8H,3H2,1-2H3,(H,17,18). The molecule has 5 heteroatoms. The van der Waals surface area contributed by atoms with E-state index in [9.17, 15) is 4.79 Å². The monoisotopic (exact) mass is 258 g/mol. The summed E-state index contributed by atoms with van der Waals surface area (Å²) in [5, 5.41) is 9.06. The summed E-state index contributed by atoms with van der Waals surface area (Å²) < 4.78 is 5.64. The molecule has 0 fully saturated rings. The van der Waals surface area contributed by atoms with Crippen molar-refractivity contribution in [3.05, 3.63) is 47.5 Å². The highest BCUT2D eigenvalue weighted by molar-refractivity contribution is 5.88. The van der Waals surface area contributed by atoms with E-state index in [1.807, 2.05) is 19.9 Å². The van der Waals surface area contributed by atoms with Crippen LogP contribution in [0.5, 0.6) is 11.5 Å². The van der Waals surface area contributed by atoms with Gasteiger partial charge in [-0.05, 0) is 37.6 Å². The van der Waals surface area contributed by atoms with Gasteiger partial charge in [0, 0.05) is 11.9 Å². The maximum Gasteiger partial charge on any atom is 0.358 e. The fourth-order valence-corrected chi connectivity index (χ4v) is 1.70. The zero-order valence-electron chi connectivity index (χ0n) is 10.8. The van der Waals surface area contributed by atoms with E-state index in [4.69, 9.17) is 9.84 Å². The number of aromatic nitrogens is 2. The summed E-state index contributed by atoms with van der Waals surface area (Å²) in [6.07, 6.45) is 2.13. The Morgan fingerprint density at radius 3 is 2.79 bits per heavy atom. The first-order valence-corrected chi connectivity index (χ1v) is 5.94. The number of carboxylic acids is 1. The molecule has 2 aromatic heterocycles. The Balaban J connectivity index is 2.39. The summed E-state index contributed by atoms with van der Waals surface area (Å²) in [6, 6.07) is 6.83. The third kappa shape index (κ3) is 2.88. The third-order valence-corrected chi connectivity index (χ3v) is 2.60. The highest BCUT2D eigenvalue weighted by atomic mass is 16.5. The van der Waals surface area contributed by atoms with Gasteiger partial charge in [-0.3, -0.25) is 4.98 Å². The highest BCUT2D eigenvalue weighted by Crippen LogP contribution is 2.26. The number of aryl methyl sites for hydroxylation is 2. The fraction of sp³-hybridized carbons (Fsp3) is 0.214. The molecular weight excluding hydrogens is 244 g/mol. The fourth-order valence-electron chi connectivity index (χ4n) is 1.70. The maximum absolute atomic E-state index is 11.1. The molecule has 5 nitrogen and oxygen atoms in total. The van der Waals surface area contributed by atoms with Crippen LogP contribution in [0.2, 0.25) is 0 Å². The number of hydrogen-bond acceptors (Lipinski definition) is 4. The zero-order chi connectivity index (χ0) is 13.8. The summed E-state index contributed by atoms with van der Waals surface area (Å²) in [5.74, 6) is -0.340. The molecule has 0 amide bonds. The molecule has 2 heterocycles. The second kappa shape index (κ2) is 5.48. The number of carboxylic acid groups (broad SMARTS) is 1. The minimum absolute atomic E-state index is 0.106. The molecule has 1 N–H and O–H groups in total. The van der Waals surface area contributed by atoms with Gasteiger partial charge in [0.2, 0.25) is 0 Å². The average molecular weight is 258 g/mol. The molecule has 0 bridgehead atoms. The molecule has 0 atom stereocenters. The Morgan fingerprint density at radius 1 is 1.32 bits per heavy atom. The van der Waals surface area contributed by atoms with Crippen LogP contribution in [0.1, 0.15) is 28.8 Å². The van der Waals surface area contributed by atoms with Gasteiger partial charge in [0.1, 0.15) is 5.75 Å². The number of carbonyl (C=O) groups is 1. The second-order valence-electron chi connectivity index (χ2n) is 4.01. The molecule has 2 rings (SSSR count). The van der Waals surface area contributed by atoms with E-state index in [1.165, 1.54) is 6.20 Å². The lowest BCUT2D eigenvalue weighted by Gasteiger charge is -2.11. The van der Waals surface area contributed by atoms with E-state index in [2.05, 4.69) is 9.97 Å². The number of ether oxygens (including phenoxy) is 1. The van der Waals surface area contributed by atoms with Crippen LogP contribution in [0.4, 0.5) is 0 Å². The van der Waals surface area contributed by atoms with Crippen LogP contribution in [0.3, 0.4) is 0 Å². The van der Waals surface area contributed by atoms with Crippen molar-refractivity contribution in [2.24, 2.45) is 0 Å². The van der Waals surface area contributed by atoms with Gasteiger partial charge in [-0.15, -0.1) is 0 Å². The van der Waals surface area contributed by atoms with Crippen LogP contribution >= 0.6 is 0 Å². The van der Waals surface area contributed by atoms with Crippen LogP contribution in [0.15, 0.2) is 30.5 Å². The summed E-state index contributed by atoms with van der Waals surface area (Å²) in [7, 11) is 0. The molecule has 2 aromatic rings. The minimum atomic E-state index is -1.12. The van der Waals surface area contributed by atoms with Gasteiger partial charge in [-0.2, -0.15) is 0 Å². The van der Waals surface area contributed by atoms with Gasteiger partial charge in [0.25, 0.3) is 0 Å². The first-order valence-electron chi connectivity index (χ1n) is 5.94. The van der Waals surface area contributed by atoms with E-state index in [0.29, 0.717) is 12.2 Å². The normalized spacial score (nSPS) is 10.2. The molecule has 0 aliphatic heterocycles. The maximum atomic E-state index is 11.1. The van der Waals surface area contributed by atoms with Gasteiger partial charge in [0.15, 0.2) is 11.4 Å². The van der Waals surface area contributed by atoms with Crippen molar-refractivity contribution in [1.82, 2.24) is 9.97 Å². The summed E-state index contributed by atoms with van der Waals surface area (Å²) in [4.78, 5) is 19.2. The lowest BCUT2D eigenvalue weighted by atomic mass is 10.2. The predicted molar refractivity (Wildman–Crippen MR) is 69.6 cm³/mol. The second-order valence-corrected chi connectivity index (χ2v) is 4.01. The first kappa shape index (κ1) is 13.0. The summed E-state index contributed by atoms with van der Waals surface area (Å²) in [6.45, 7) is 3.87. The SMILES string of the molecule is CCc1nc(C)ccc1Oc1cccnc1C(=O)O. The molecule has 0 aliphatic rings. The van der Waals surface area contributed by atoms with E-state index in [0.717, 1.165) is 11.4 Å².